The first-order valence-corrected chi connectivity index (χ1v) is 15.7. The molecule has 5 aromatic heterocycles. The quantitative estimate of drug-likeness (QED) is 0.183. The van der Waals surface area contributed by atoms with Crippen LogP contribution in [0.1, 0.15) is 0 Å². The highest BCUT2D eigenvalue weighted by molar-refractivity contribution is 6.34. The highest BCUT2D eigenvalue weighted by atomic mass is 35.5. The minimum Gasteiger partial charge on any atom is -0.450 e. The van der Waals surface area contributed by atoms with Gasteiger partial charge in [0.15, 0.2) is 11.4 Å². The molecule has 0 unspecified atom stereocenters. The van der Waals surface area contributed by atoms with Gasteiger partial charge in [-0.15, -0.1) is 0 Å². The van der Waals surface area contributed by atoms with E-state index >= 15 is 0 Å². The topological polar surface area (TPSA) is 48.3 Å². The van der Waals surface area contributed by atoms with E-state index in [0.29, 0.717) is 16.9 Å². The molecule has 0 aliphatic rings. The summed E-state index contributed by atoms with van der Waals surface area (Å²) in [4.78, 5) is 9.57. The Bertz CT molecular complexity index is 3040. The summed E-state index contributed by atoms with van der Waals surface area (Å²) in [6.45, 7) is 0. The van der Waals surface area contributed by atoms with Crippen LogP contribution in [-0.4, -0.2) is 18.9 Å². The standard InChI is InChI=1S/C40H21ClN4O/c41-40-42-35-26-14-6-9-17-33(26)46-38(35)39(43-40)45-32-19-18-23(22-10-2-1-3-11-22)20-27(32)29-21-28-24-12-4-7-15-30(24)44-31-16-8-5-13-25(31)34(36(28)44)37(29)45/h1-21H. The minimum absolute atomic E-state index is 0.178. The zero-order chi connectivity index (χ0) is 30.1. The van der Waals surface area contributed by atoms with Crippen LogP contribution < -0.4 is 0 Å². The number of furan rings is 1. The molecule has 0 fully saturated rings. The monoisotopic (exact) mass is 608 g/mol. The predicted molar refractivity (Wildman–Crippen MR) is 189 cm³/mol. The molecule has 0 amide bonds. The number of aromatic nitrogens is 4. The van der Waals surface area contributed by atoms with Crippen molar-refractivity contribution in [2.75, 3.05) is 0 Å². The second-order valence-corrected chi connectivity index (χ2v) is 12.3. The zero-order valence-corrected chi connectivity index (χ0v) is 25.0. The molecule has 6 heteroatoms. The van der Waals surface area contributed by atoms with E-state index in [1.165, 1.54) is 43.7 Å². The predicted octanol–water partition coefficient (Wildman–Crippen LogP) is 10.9. The van der Waals surface area contributed by atoms with Crippen molar-refractivity contribution < 1.29 is 4.42 Å². The number of hydrogen-bond acceptors (Lipinski definition) is 3. The summed E-state index contributed by atoms with van der Waals surface area (Å²) in [6, 6.07) is 44.9. The third kappa shape index (κ3) is 3.00. The third-order valence-electron chi connectivity index (χ3n) is 9.59. The van der Waals surface area contributed by atoms with Crippen molar-refractivity contribution >= 4 is 93.6 Å². The van der Waals surface area contributed by atoms with Crippen LogP contribution in [0.2, 0.25) is 5.28 Å². The highest BCUT2D eigenvalue weighted by Crippen LogP contribution is 2.47. The van der Waals surface area contributed by atoms with Gasteiger partial charge in [0.1, 0.15) is 11.1 Å². The average Bonchev–Trinajstić information content (AvgIpc) is 3.83. The lowest BCUT2D eigenvalue weighted by molar-refractivity contribution is 0.662. The fourth-order valence-electron chi connectivity index (χ4n) is 7.74. The summed E-state index contributed by atoms with van der Waals surface area (Å²) in [5.41, 5.74) is 10.0. The van der Waals surface area contributed by atoms with Gasteiger partial charge in [-0.3, -0.25) is 4.57 Å². The molecule has 46 heavy (non-hydrogen) atoms. The van der Waals surface area contributed by atoms with E-state index in [1.807, 2.05) is 24.3 Å². The molecular weight excluding hydrogens is 588 g/mol. The lowest BCUT2D eigenvalue weighted by Gasteiger charge is -2.09. The first-order valence-electron chi connectivity index (χ1n) is 15.3. The second kappa shape index (κ2) is 8.62. The lowest BCUT2D eigenvalue weighted by atomic mass is 10.0. The van der Waals surface area contributed by atoms with Crippen LogP contribution in [0.3, 0.4) is 0 Å². The fraction of sp³-hybridized carbons (Fsp3) is 0. The van der Waals surface area contributed by atoms with Crippen LogP contribution in [0.25, 0.3) is 98.9 Å². The van der Waals surface area contributed by atoms with E-state index < -0.39 is 0 Å². The molecule has 0 radical (unpaired) electrons. The van der Waals surface area contributed by atoms with Crippen molar-refractivity contribution in [3.63, 3.8) is 0 Å². The Hall–Kier alpha value is -5.91. The van der Waals surface area contributed by atoms with E-state index in [0.717, 1.165) is 38.3 Å². The maximum Gasteiger partial charge on any atom is 0.225 e. The summed E-state index contributed by atoms with van der Waals surface area (Å²) < 4.78 is 11.2. The van der Waals surface area contributed by atoms with Crippen molar-refractivity contribution in [2.45, 2.75) is 0 Å². The largest absolute Gasteiger partial charge is 0.450 e. The molecule has 0 atom stereocenters. The molecule has 0 bridgehead atoms. The molecule has 0 saturated heterocycles. The SMILES string of the molecule is Clc1nc(-n2c3ccc(-c4ccccc4)cc3c3cc4c5ccccc5n5c6ccccc6c(c32)c45)c2oc3ccccc3c2n1. The van der Waals surface area contributed by atoms with E-state index in [2.05, 4.69) is 117 Å². The maximum absolute atomic E-state index is 6.74. The fourth-order valence-corrected chi connectivity index (χ4v) is 7.90. The van der Waals surface area contributed by atoms with Gasteiger partial charge in [-0.1, -0.05) is 84.9 Å². The molecule has 0 aliphatic heterocycles. The van der Waals surface area contributed by atoms with Crippen molar-refractivity contribution in [3.8, 4) is 16.9 Å². The average molecular weight is 609 g/mol. The minimum atomic E-state index is 0.178. The van der Waals surface area contributed by atoms with E-state index in [1.54, 1.807) is 0 Å². The van der Waals surface area contributed by atoms with Crippen LogP contribution in [-0.2, 0) is 0 Å². The number of nitrogens with zero attached hydrogens (tertiary/aromatic N) is 4. The first-order chi connectivity index (χ1) is 22.7. The molecule has 5 nitrogen and oxygen atoms in total. The molecule has 0 saturated carbocycles. The van der Waals surface area contributed by atoms with Crippen molar-refractivity contribution in [3.05, 3.63) is 133 Å². The van der Waals surface area contributed by atoms with Crippen LogP contribution in [0.15, 0.2) is 132 Å². The Morgan fingerprint density at radius 2 is 1.22 bits per heavy atom. The zero-order valence-electron chi connectivity index (χ0n) is 24.2. The Kier molecular flexibility index (Phi) is 4.58. The summed E-state index contributed by atoms with van der Waals surface area (Å²) in [5, 5.41) is 8.20. The third-order valence-corrected chi connectivity index (χ3v) is 9.76. The highest BCUT2D eigenvalue weighted by Gasteiger charge is 2.27. The maximum atomic E-state index is 6.74. The van der Waals surface area contributed by atoms with Gasteiger partial charge < -0.3 is 8.82 Å². The molecule has 11 rings (SSSR count). The molecule has 6 aromatic carbocycles. The Labute approximate surface area is 265 Å². The van der Waals surface area contributed by atoms with Crippen LogP contribution in [0.4, 0.5) is 0 Å². The Balaban J connectivity index is 1.42. The normalized spacial score (nSPS) is 12.5. The van der Waals surface area contributed by atoms with Crippen molar-refractivity contribution in [2.24, 2.45) is 0 Å². The Morgan fingerprint density at radius 3 is 2.07 bits per heavy atom. The number of rotatable bonds is 2. The molecule has 214 valence electrons. The van der Waals surface area contributed by atoms with Crippen LogP contribution in [0.5, 0.6) is 0 Å². The number of hydrogen-bond donors (Lipinski definition) is 0. The Morgan fingerprint density at radius 1 is 0.522 bits per heavy atom. The summed E-state index contributed by atoms with van der Waals surface area (Å²) in [7, 11) is 0. The number of fused-ring (bicyclic) bond motifs is 13. The smallest absolute Gasteiger partial charge is 0.225 e. The number of benzene rings is 6. The van der Waals surface area contributed by atoms with Gasteiger partial charge in [-0.25, -0.2) is 4.98 Å². The molecule has 0 N–H and O–H groups in total. The molecule has 5 heterocycles. The first kappa shape index (κ1) is 24.4. The van der Waals surface area contributed by atoms with Crippen LogP contribution in [0, 0.1) is 0 Å². The number of halogens is 1. The van der Waals surface area contributed by atoms with Gasteiger partial charge in [-0.2, -0.15) is 4.98 Å². The van der Waals surface area contributed by atoms with Crippen LogP contribution >= 0.6 is 11.6 Å². The van der Waals surface area contributed by atoms with Gasteiger partial charge in [0.2, 0.25) is 5.28 Å². The van der Waals surface area contributed by atoms with Crippen molar-refractivity contribution in [1.29, 1.82) is 0 Å². The molecule has 0 aliphatic carbocycles. The summed E-state index contributed by atoms with van der Waals surface area (Å²) >= 11 is 6.74. The van der Waals surface area contributed by atoms with Crippen molar-refractivity contribution in [1.82, 2.24) is 18.9 Å². The number of para-hydroxylation sites is 3. The second-order valence-electron chi connectivity index (χ2n) is 11.9. The van der Waals surface area contributed by atoms with E-state index in [9.17, 15) is 0 Å². The van der Waals surface area contributed by atoms with Gasteiger partial charge in [0.25, 0.3) is 0 Å². The summed E-state index contributed by atoms with van der Waals surface area (Å²) in [5.74, 6) is 0.626. The van der Waals surface area contributed by atoms with Gasteiger partial charge >= 0.3 is 0 Å². The summed E-state index contributed by atoms with van der Waals surface area (Å²) in [6.07, 6.45) is 0. The lowest BCUT2D eigenvalue weighted by Crippen LogP contribution is -2.00. The van der Waals surface area contributed by atoms with Gasteiger partial charge in [0, 0.05) is 37.7 Å². The van der Waals surface area contributed by atoms with Gasteiger partial charge in [0.05, 0.1) is 27.6 Å². The molecular formula is C40H21ClN4O. The van der Waals surface area contributed by atoms with E-state index in [-0.39, 0.29) is 5.28 Å². The van der Waals surface area contributed by atoms with Gasteiger partial charge in [-0.05, 0) is 65.2 Å². The van der Waals surface area contributed by atoms with E-state index in [4.69, 9.17) is 21.0 Å². The molecule has 0 spiro atoms. The molecule has 11 aromatic rings.